The highest BCUT2D eigenvalue weighted by Gasteiger charge is 2.18. The van der Waals surface area contributed by atoms with Crippen molar-refractivity contribution in [2.45, 2.75) is 38.7 Å². The highest BCUT2D eigenvalue weighted by molar-refractivity contribution is 4.96. The molecule has 0 aliphatic carbocycles. The lowest BCUT2D eigenvalue weighted by Gasteiger charge is -2.21. The van der Waals surface area contributed by atoms with E-state index in [0.29, 0.717) is 13.0 Å². The first-order chi connectivity index (χ1) is 5.62. The van der Waals surface area contributed by atoms with E-state index in [9.17, 15) is 5.11 Å². The standard InChI is InChI=1S/C10H18O2/c1-4-5-6-7-10(2,11)8-9-12-3/h11H,6-9H2,1-3H3. The third-order valence-corrected chi connectivity index (χ3v) is 1.81. The van der Waals surface area contributed by atoms with Gasteiger partial charge in [-0.3, -0.25) is 0 Å². The fourth-order valence-corrected chi connectivity index (χ4v) is 0.904. The summed E-state index contributed by atoms with van der Waals surface area (Å²) in [6, 6.07) is 0. The van der Waals surface area contributed by atoms with E-state index in [0.717, 1.165) is 12.8 Å². The van der Waals surface area contributed by atoms with Crippen LogP contribution in [0, 0.1) is 11.8 Å². The van der Waals surface area contributed by atoms with Crippen molar-refractivity contribution < 1.29 is 9.84 Å². The topological polar surface area (TPSA) is 29.5 Å². The Morgan fingerprint density at radius 1 is 1.42 bits per heavy atom. The Morgan fingerprint density at radius 3 is 2.58 bits per heavy atom. The van der Waals surface area contributed by atoms with Gasteiger partial charge in [-0.1, -0.05) is 0 Å². The quantitative estimate of drug-likeness (QED) is 0.635. The second-order valence-electron chi connectivity index (χ2n) is 3.17. The molecule has 1 unspecified atom stereocenters. The van der Waals surface area contributed by atoms with Gasteiger partial charge in [0.25, 0.3) is 0 Å². The summed E-state index contributed by atoms with van der Waals surface area (Å²) in [6.45, 7) is 4.24. The molecule has 0 fully saturated rings. The van der Waals surface area contributed by atoms with Crippen LogP contribution in [-0.4, -0.2) is 24.4 Å². The molecule has 0 saturated carbocycles. The van der Waals surface area contributed by atoms with Gasteiger partial charge in [-0.25, -0.2) is 0 Å². The predicted molar refractivity (Wildman–Crippen MR) is 49.8 cm³/mol. The van der Waals surface area contributed by atoms with E-state index in [2.05, 4.69) is 11.8 Å². The molecule has 0 aliphatic rings. The second kappa shape index (κ2) is 6.05. The lowest BCUT2D eigenvalue weighted by molar-refractivity contribution is 0.0186. The van der Waals surface area contributed by atoms with E-state index >= 15 is 0 Å². The normalized spacial score (nSPS) is 14.7. The van der Waals surface area contributed by atoms with Crippen molar-refractivity contribution in [3.63, 3.8) is 0 Å². The molecule has 0 aromatic carbocycles. The number of aliphatic hydroxyl groups is 1. The summed E-state index contributed by atoms with van der Waals surface area (Å²) in [7, 11) is 1.64. The number of rotatable bonds is 5. The fraction of sp³-hybridized carbons (Fsp3) is 0.800. The van der Waals surface area contributed by atoms with Crippen LogP contribution < -0.4 is 0 Å². The Bertz CT molecular complexity index is 162. The SMILES string of the molecule is CC#CCCC(C)(O)CCOC. The van der Waals surface area contributed by atoms with E-state index in [1.54, 1.807) is 7.11 Å². The number of ether oxygens (including phenoxy) is 1. The second-order valence-corrected chi connectivity index (χ2v) is 3.17. The molecule has 0 bridgehead atoms. The maximum atomic E-state index is 9.72. The van der Waals surface area contributed by atoms with Crippen LogP contribution in [0.5, 0.6) is 0 Å². The minimum Gasteiger partial charge on any atom is -0.390 e. The van der Waals surface area contributed by atoms with Crippen LogP contribution in [0.3, 0.4) is 0 Å². The van der Waals surface area contributed by atoms with Crippen molar-refractivity contribution in [1.29, 1.82) is 0 Å². The van der Waals surface area contributed by atoms with Gasteiger partial charge in [0.15, 0.2) is 0 Å². The van der Waals surface area contributed by atoms with Gasteiger partial charge < -0.3 is 9.84 Å². The summed E-state index contributed by atoms with van der Waals surface area (Å²) in [4.78, 5) is 0. The van der Waals surface area contributed by atoms with Crippen LogP contribution in [0.25, 0.3) is 0 Å². The molecule has 70 valence electrons. The Kier molecular flexibility index (Phi) is 5.79. The van der Waals surface area contributed by atoms with Crippen molar-refractivity contribution in [3.05, 3.63) is 0 Å². The van der Waals surface area contributed by atoms with Crippen molar-refractivity contribution >= 4 is 0 Å². The summed E-state index contributed by atoms with van der Waals surface area (Å²) in [5.74, 6) is 5.73. The summed E-state index contributed by atoms with van der Waals surface area (Å²) >= 11 is 0. The molecular formula is C10H18O2. The minimum absolute atomic E-state index is 0.604. The van der Waals surface area contributed by atoms with Crippen molar-refractivity contribution in [3.8, 4) is 11.8 Å². The minimum atomic E-state index is -0.625. The van der Waals surface area contributed by atoms with Gasteiger partial charge in [0.2, 0.25) is 0 Å². The smallest absolute Gasteiger partial charge is 0.0650 e. The van der Waals surface area contributed by atoms with Gasteiger partial charge in [-0.15, -0.1) is 11.8 Å². The molecule has 2 heteroatoms. The zero-order valence-electron chi connectivity index (χ0n) is 8.18. The van der Waals surface area contributed by atoms with Crippen molar-refractivity contribution in [2.24, 2.45) is 0 Å². The first-order valence-electron chi connectivity index (χ1n) is 4.23. The molecule has 12 heavy (non-hydrogen) atoms. The maximum Gasteiger partial charge on any atom is 0.0650 e. The van der Waals surface area contributed by atoms with E-state index in [4.69, 9.17) is 4.74 Å². The average molecular weight is 170 g/mol. The maximum absolute atomic E-state index is 9.72. The van der Waals surface area contributed by atoms with E-state index in [-0.39, 0.29) is 0 Å². The molecule has 0 rings (SSSR count). The summed E-state index contributed by atoms with van der Waals surface area (Å²) in [6.07, 6.45) is 2.15. The largest absolute Gasteiger partial charge is 0.390 e. The van der Waals surface area contributed by atoms with Crippen LogP contribution in [-0.2, 0) is 4.74 Å². The molecule has 0 heterocycles. The number of hydrogen-bond acceptors (Lipinski definition) is 2. The van der Waals surface area contributed by atoms with E-state index in [1.807, 2.05) is 13.8 Å². The predicted octanol–water partition coefficient (Wildman–Crippen LogP) is 1.58. The molecule has 2 nitrogen and oxygen atoms in total. The van der Waals surface area contributed by atoms with Gasteiger partial charge >= 0.3 is 0 Å². The van der Waals surface area contributed by atoms with Crippen molar-refractivity contribution in [2.75, 3.05) is 13.7 Å². The fourth-order valence-electron chi connectivity index (χ4n) is 0.904. The van der Waals surface area contributed by atoms with Crippen LogP contribution in [0.4, 0.5) is 0 Å². The van der Waals surface area contributed by atoms with Gasteiger partial charge in [0.1, 0.15) is 0 Å². The monoisotopic (exact) mass is 170 g/mol. The van der Waals surface area contributed by atoms with Crippen LogP contribution in [0.15, 0.2) is 0 Å². The first-order valence-corrected chi connectivity index (χ1v) is 4.23. The third kappa shape index (κ3) is 6.21. The highest BCUT2D eigenvalue weighted by atomic mass is 16.5. The Labute approximate surface area is 74.9 Å². The van der Waals surface area contributed by atoms with Gasteiger partial charge in [0, 0.05) is 20.1 Å². The third-order valence-electron chi connectivity index (χ3n) is 1.81. The molecule has 0 aromatic heterocycles. The van der Waals surface area contributed by atoms with E-state index < -0.39 is 5.60 Å². The zero-order valence-corrected chi connectivity index (χ0v) is 8.18. The molecule has 0 amide bonds. The molecular weight excluding hydrogens is 152 g/mol. The van der Waals surface area contributed by atoms with Crippen molar-refractivity contribution in [1.82, 2.24) is 0 Å². The molecule has 0 spiro atoms. The van der Waals surface area contributed by atoms with Gasteiger partial charge in [-0.2, -0.15) is 0 Å². The lowest BCUT2D eigenvalue weighted by Crippen LogP contribution is -2.25. The van der Waals surface area contributed by atoms with Crippen LogP contribution in [0.1, 0.15) is 33.1 Å². The molecule has 1 N–H and O–H groups in total. The molecule has 0 aliphatic heterocycles. The van der Waals surface area contributed by atoms with Gasteiger partial charge in [0.05, 0.1) is 5.60 Å². The van der Waals surface area contributed by atoms with Crippen LogP contribution >= 0.6 is 0 Å². The summed E-state index contributed by atoms with van der Waals surface area (Å²) < 4.78 is 4.89. The van der Waals surface area contributed by atoms with Gasteiger partial charge in [-0.05, 0) is 26.7 Å². The number of hydrogen-bond donors (Lipinski definition) is 1. The molecule has 0 saturated heterocycles. The molecule has 1 atom stereocenters. The summed E-state index contributed by atoms with van der Waals surface area (Å²) in [5.41, 5.74) is -0.625. The Hall–Kier alpha value is -0.520. The highest BCUT2D eigenvalue weighted by Crippen LogP contribution is 2.15. The summed E-state index contributed by atoms with van der Waals surface area (Å²) in [5, 5.41) is 9.72. The Balaban J connectivity index is 3.60. The Morgan fingerprint density at radius 2 is 2.08 bits per heavy atom. The van der Waals surface area contributed by atoms with E-state index in [1.165, 1.54) is 0 Å². The number of methoxy groups -OCH3 is 1. The lowest BCUT2D eigenvalue weighted by atomic mass is 9.97. The molecule has 0 aromatic rings. The van der Waals surface area contributed by atoms with Crippen LogP contribution in [0.2, 0.25) is 0 Å². The zero-order chi connectivity index (χ0) is 9.45. The first kappa shape index (κ1) is 11.5. The average Bonchev–Trinajstić information content (AvgIpc) is 2.01. The molecule has 0 radical (unpaired) electrons.